The summed E-state index contributed by atoms with van der Waals surface area (Å²) in [6.07, 6.45) is 13.7. The van der Waals surface area contributed by atoms with E-state index in [4.69, 9.17) is 0 Å². The first-order valence-electron chi connectivity index (χ1n) is 10.0. The Bertz CT molecular complexity index is 1010. The van der Waals surface area contributed by atoms with E-state index in [0.29, 0.717) is 5.82 Å². The number of amides is 2. The van der Waals surface area contributed by atoms with Gasteiger partial charge in [-0.05, 0) is 49.5 Å². The lowest BCUT2D eigenvalue weighted by Gasteiger charge is -2.35. The normalized spacial score (nSPS) is 19.9. The molecule has 0 unspecified atom stereocenters. The first-order chi connectivity index (χ1) is 14.1. The molecule has 2 amide bonds. The highest BCUT2D eigenvalue weighted by molar-refractivity contribution is 7.10. The van der Waals surface area contributed by atoms with Crippen molar-refractivity contribution in [2.75, 3.05) is 18.4 Å². The predicted octanol–water partition coefficient (Wildman–Crippen LogP) is 3.63. The van der Waals surface area contributed by atoms with Crippen LogP contribution in [-0.2, 0) is 15.0 Å². The average molecular weight is 407 g/mol. The number of nitrogens with one attached hydrogen (secondary N) is 1. The molecule has 148 valence electrons. The Hall–Kier alpha value is -2.80. The van der Waals surface area contributed by atoms with Crippen molar-refractivity contribution in [1.29, 1.82) is 0 Å². The maximum atomic E-state index is 12.6. The number of aromatic nitrogens is 2. The summed E-state index contributed by atoms with van der Waals surface area (Å²) in [4.78, 5) is 35.5. The topological polar surface area (TPSA) is 75.2 Å². The van der Waals surface area contributed by atoms with Crippen molar-refractivity contribution in [2.24, 2.45) is 0 Å². The van der Waals surface area contributed by atoms with Crippen LogP contribution >= 0.6 is 11.3 Å². The number of anilines is 1. The van der Waals surface area contributed by atoms with E-state index < -0.39 is 0 Å². The van der Waals surface area contributed by atoms with Crippen molar-refractivity contribution in [3.05, 3.63) is 51.6 Å². The smallest absolute Gasteiger partial charge is 0.246 e. The number of nitrogens with zero attached hydrogens (tertiary/aromatic N) is 3. The van der Waals surface area contributed by atoms with Crippen molar-refractivity contribution in [1.82, 2.24) is 14.9 Å². The fraction of sp³-hybridized carbons (Fsp3) is 0.364. The monoisotopic (exact) mass is 406 g/mol. The summed E-state index contributed by atoms with van der Waals surface area (Å²) >= 11 is 1.63. The molecule has 2 aromatic heterocycles. The van der Waals surface area contributed by atoms with E-state index in [1.807, 2.05) is 28.6 Å². The molecule has 1 N–H and O–H groups in total. The van der Waals surface area contributed by atoms with Gasteiger partial charge in [0.05, 0.1) is 5.41 Å². The van der Waals surface area contributed by atoms with E-state index >= 15 is 0 Å². The quantitative estimate of drug-likeness (QED) is 0.790. The lowest BCUT2D eigenvalue weighted by Crippen LogP contribution is -2.40. The highest BCUT2D eigenvalue weighted by Crippen LogP contribution is 2.50. The van der Waals surface area contributed by atoms with Crippen LogP contribution in [0.1, 0.15) is 48.2 Å². The fourth-order valence-corrected chi connectivity index (χ4v) is 4.94. The maximum Gasteiger partial charge on any atom is 0.246 e. The number of rotatable bonds is 3. The van der Waals surface area contributed by atoms with Crippen molar-refractivity contribution in [3.63, 3.8) is 0 Å². The van der Waals surface area contributed by atoms with Gasteiger partial charge in [-0.2, -0.15) is 0 Å². The van der Waals surface area contributed by atoms with Crippen LogP contribution in [0.5, 0.6) is 0 Å². The van der Waals surface area contributed by atoms with Crippen LogP contribution < -0.4 is 5.32 Å². The first kappa shape index (κ1) is 18.2. The third-order valence-corrected chi connectivity index (χ3v) is 6.94. The molecule has 7 heteroatoms. The van der Waals surface area contributed by atoms with E-state index in [1.54, 1.807) is 23.6 Å². The number of fused-ring (bicyclic) bond motifs is 2. The van der Waals surface area contributed by atoms with Gasteiger partial charge in [-0.25, -0.2) is 9.97 Å². The maximum absolute atomic E-state index is 12.6. The van der Waals surface area contributed by atoms with Crippen LogP contribution in [0.15, 0.2) is 35.5 Å². The number of carbonyl (C=O) groups excluding carboxylic acids is 2. The zero-order valence-corrected chi connectivity index (χ0v) is 16.9. The SMILES string of the molecule is O=C(/C=C/c1cnc2c(c1)C1(CCC1)C(=O)N2)N1CCC(=Cc2nccs2)CC1. The summed E-state index contributed by atoms with van der Waals surface area (Å²) in [6, 6.07) is 2.01. The number of thiazole rings is 1. The third-order valence-electron chi connectivity index (χ3n) is 6.21. The zero-order chi connectivity index (χ0) is 19.8. The zero-order valence-electron chi connectivity index (χ0n) is 16.1. The summed E-state index contributed by atoms with van der Waals surface area (Å²) in [5.74, 6) is 0.762. The summed E-state index contributed by atoms with van der Waals surface area (Å²) in [5.41, 5.74) is 2.81. The molecule has 0 bridgehead atoms. The Morgan fingerprint density at radius 2 is 2.07 bits per heavy atom. The molecular formula is C22H22N4O2S. The molecule has 6 nitrogen and oxygen atoms in total. The van der Waals surface area contributed by atoms with Crippen LogP contribution in [0.2, 0.25) is 0 Å². The van der Waals surface area contributed by atoms with Gasteiger partial charge in [0.2, 0.25) is 11.8 Å². The van der Waals surface area contributed by atoms with E-state index in [-0.39, 0.29) is 17.2 Å². The Morgan fingerprint density at radius 3 is 2.76 bits per heavy atom. The van der Waals surface area contributed by atoms with Crippen molar-refractivity contribution >= 4 is 41.1 Å². The minimum Gasteiger partial charge on any atom is -0.339 e. The molecule has 2 aliphatic heterocycles. The van der Waals surface area contributed by atoms with Crippen LogP contribution in [0, 0.1) is 0 Å². The molecule has 1 saturated heterocycles. The van der Waals surface area contributed by atoms with Gasteiger partial charge in [0.15, 0.2) is 0 Å². The van der Waals surface area contributed by atoms with Gasteiger partial charge in [0.1, 0.15) is 10.8 Å². The van der Waals surface area contributed by atoms with Crippen molar-refractivity contribution in [2.45, 2.75) is 37.5 Å². The lowest BCUT2D eigenvalue weighted by molar-refractivity contribution is -0.126. The number of piperidine rings is 1. The average Bonchev–Trinajstić information content (AvgIpc) is 3.30. The summed E-state index contributed by atoms with van der Waals surface area (Å²) in [5, 5.41) is 5.90. The van der Waals surface area contributed by atoms with E-state index in [1.165, 1.54) is 5.57 Å². The number of hydrogen-bond donors (Lipinski definition) is 1. The third kappa shape index (κ3) is 3.29. The minimum atomic E-state index is -0.386. The van der Waals surface area contributed by atoms with Gasteiger partial charge in [0.25, 0.3) is 0 Å². The van der Waals surface area contributed by atoms with E-state index in [2.05, 4.69) is 21.4 Å². The Morgan fingerprint density at radius 1 is 1.24 bits per heavy atom. The van der Waals surface area contributed by atoms with Crippen LogP contribution in [-0.4, -0.2) is 39.8 Å². The first-order valence-corrected chi connectivity index (χ1v) is 10.9. The summed E-state index contributed by atoms with van der Waals surface area (Å²) in [7, 11) is 0. The molecule has 0 aromatic carbocycles. The van der Waals surface area contributed by atoms with E-state index in [9.17, 15) is 9.59 Å². The van der Waals surface area contributed by atoms with E-state index in [0.717, 1.165) is 61.3 Å². The Kier molecular flexibility index (Phi) is 4.54. The highest BCUT2D eigenvalue weighted by atomic mass is 32.1. The molecule has 3 aliphatic rings. The van der Waals surface area contributed by atoms with Crippen LogP contribution in [0.25, 0.3) is 12.2 Å². The number of hydrogen-bond acceptors (Lipinski definition) is 5. The molecule has 1 spiro atoms. The van der Waals surface area contributed by atoms with Crippen LogP contribution in [0.4, 0.5) is 5.82 Å². The van der Waals surface area contributed by atoms with Crippen molar-refractivity contribution < 1.29 is 9.59 Å². The molecular weight excluding hydrogens is 384 g/mol. The number of likely N-dealkylation sites (tertiary alicyclic amines) is 1. The summed E-state index contributed by atoms with van der Waals surface area (Å²) < 4.78 is 0. The van der Waals surface area contributed by atoms with Gasteiger partial charge < -0.3 is 10.2 Å². The standard InChI is InChI=1S/C22H22N4O2S/c27-19(26-9-4-15(5-10-26)13-18-23-8-11-29-18)3-2-16-12-17-20(24-14-16)25-21(28)22(17)6-1-7-22/h2-3,8,11-14H,1,4-7,9-10H2,(H,24,25,28)/b3-2+. The van der Waals surface area contributed by atoms with Gasteiger partial charge in [-0.15, -0.1) is 11.3 Å². The Labute approximate surface area is 173 Å². The number of pyridine rings is 1. The lowest BCUT2D eigenvalue weighted by atomic mass is 9.65. The molecule has 0 atom stereocenters. The molecule has 2 aromatic rings. The molecule has 1 saturated carbocycles. The van der Waals surface area contributed by atoms with Gasteiger partial charge in [-0.3, -0.25) is 9.59 Å². The highest BCUT2D eigenvalue weighted by Gasteiger charge is 2.51. The second-order valence-corrected chi connectivity index (χ2v) is 8.81. The van der Waals surface area contributed by atoms with Crippen LogP contribution in [0.3, 0.4) is 0 Å². The molecule has 5 rings (SSSR count). The van der Waals surface area contributed by atoms with Gasteiger partial charge >= 0.3 is 0 Å². The molecule has 2 fully saturated rings. The largest absolute Gasteiger partial charge is 0.339 e. The molecule has 4 heterocycles. The second-order valence-electron chi connectivity index (χ2n) is 7.89. The molecule has 29 heavy (non-hydrogen) atoms. The minimum absolute atomic E-state index is 0.0198. The number of carbonyl (C=O) groups is 2. The second kappa shape index (κ2) is 7.22. The molecule has 0 radical (unpaired) electrons. The van der Waals surface area contributed by atoms with Crippen molar-refractivity contribution in [3.8, 4) is 0 Å². The Balaban J connectivity index is 1.24. The predicted molar refractivity (Wildman–Crippen MR) is 113 cm³/mol. The summed E-state index contributed by atoms with van der Waals surface area (Å²) in [6.45, 7) is 1.45. The van der Waals surface area contributed by atoms with Gasteiger partial charge in [0, 0.05) is 42.5 Å². The molecule has 1 aliphatic carbocycles. The van der Waals surface area contributed by atoms with Gasteiger partial charge in [-0.1, -0.05) is 12.0 Å². The fourth-order valence-electron chi connectivity index (χ4n) is 4.32.